The van der Waals surface area contributed by atoms with Crippen molar-refractivity contribution in [2.45, 2.75) is 13.8 Å². The number of nitrogens with zero attached hydrogens (tertiary/aromatic N) is 4. The summed E-state index contributed by atoms with van der Waals surface area (Å²) in [6, 6.07) is 7.48. The number of nitriles is 2. The smallest absolute Gasteiger partial charge is 0.237 e. The fourth-order valence-corrected chi connectivity index (χ4v) is 1.71. The highest BCUT2D eigenvalue weighted by molar-refractivity contribution is 5.48. The lowest BCUT2D eigenvalue weighted by atomic mass is 10.1. The van der Waals surface area contributed by atoms with Crippen LogP contribution in [0.4, 0.5) is 0 Å². The zero-order chi connectivity index (χ0) is 13.8. The standard InChI is InChI=1S/C14H10N4O/c1-9-3-11(5-15)4-10(2)14(9)19-13-8-17-12(6-16)7-18-13/h3-4,7-8H,1-2H3. The second kappa shape index (κ2) is 5.16. The molecule has 0 amide bonds. The van der Waals surface area contributed by atoms with Crippen LogP contribution in [-0.2, 0) is 0 Å². The first-order valence-corrected chi connectivity index (χ1v) is 5.55. The van der Waals surface area contributed by atoms with Crippen LogP contribution in [0.5, 0.6) is 11.6 Å². The molecular formula is C14H10N4O. The van der Waals surface area contributed by atoms with Crippen molar-refractivity contribution in [1.29, 1.82) is 10.5 Å². The first-order chi connectivity index (χ1) is 9.13. The minimum atomic E-state index is 0.237. The molecule has 0 unspecified atom stereocenters. The topological polar surface area (TPSA) is 82.6 Å². The van der Waals surface area contributed by atoms with Crippen LogP contribution in [0.2, 0.25) is 0 Å². The third kappa shape index (κ3) is 2.67. The lowest BCUT2D eigenvalue weighted by Gasteiger charge is -2.10. The van der Waals surface area contributed by atoms with Crippen molar-refractivity contribution in [2.24, 2.45) is 0 Å². The summed E-state index contributed by atoms with van der Waals surface area (Å²) in [5.74, 6) is 0.966. The van der Waals surface area contributed by atoms with Gasteiger partial charge in [0.25, 0.3) is 0 Å². The summed E-state index contributed by atoms with van der Waals surface area (Å²) in [6.45, 7) is 3.72. The molecule has 5 heteroatoms. The molecule has 0 aliphatic carbocycles. The molecule has 0 aliphatic rings. The Balaban J connectivity index is 2.33. The van der Waals surface area contributed by atoms with Gasteiger partial charge in [-0.25, -0.2) is 9.97 Å². The molecular weight excluding hydrogens is 240 g/mol. The second-order valence-electron chi connectivity index (χ2n) is 4.00. The molecule has 1 aromatic carbocycles. The van der Waals surface area contributed by atoms with E-state index in [2.05, 4.69) is 16.0 Å². The first kappa shape index (κ1) is 12.5. The molecule has 19 heavy (non-hydrogen) atoms. The van der Waals surface area contributed by atoms with E-state index in [4.69, 9.17) is 15.3 Å². The second-order valence-corrected chi connectivity index (χ2v) is 4.00. The zero-order valence-electron chi connectivity index (χ0n) is 10.5. The summed E-state index contributed by atoms with van der Waals surface area (Å²) in [5, 5.41) is 17.5. The molecule has 1 aromatic heterocycles. The van der Waals surface area contributed by atoms with E-state index in [0.717, 1.165) is 11.1 Å². The number of ether oxygens (including phenoxy) is 1. The molecule has 0 atom stereocenters. The Bertz CT molecular complexity index is 670. The molecule has 0 N–H and O–H groups in total. The molecule has 2 rings (SSSR count). The van der Waals surface area contributed by atoms with E-state index in [-0.39, 0.29) is 5.69 Å². The van der Waals surface area contributed by atoms with Gasteiger partial charge in [-0.3, -0.25) is 0 Å². The lowest BCUT2D eigenvalue weighted by Crippen LogP contribution is -1.95. The number of hydrogen-bond donors (Lipinski definition) is 0. The van der Waals surface area contributed by atoms with E-state index in [1.165, 1.54) is 12.4 Å². The fourth-order valence-electron chi connectivity index (χ4n) is 1.71. The highest BCUT2D eigenvalue weighted by Crippen LogP contribution is 2.28. The Morgan fingerprint density at radius 2 is 1.68 bits per heavy atom. The Morgan fingerprint density at radius 3 is 2.16 bits per heavy atom. The number of aromatic nitrogens is 2. The van der Waals surface area contributed by atoms with Crippen LogP contribution in [0.3, 0.4) is 0 Å². The van der Waals surface area contributed by atoms with Gasteiger partial charge in [0.1, 0.15) is 11.8 Å². The van der Waals surface area contributed by atoms with Gasteiger partial charge < -0.3 is 4.74 Å². The van der Waals surface area contributed by atoms with Gasteiger partial charge in [0.05, 0.1) is 24.0 Å². The van der Waals surface area contributed by atoms with Crippen molar-refractivity contribution < 1.29 is 4.74 Å². The van der Waals surface area contributed by atoms with Crippen LogP contribution in [0, 0.1) is 36.5 Å². The van der Waals surface area contributed by atoms with E-state index in [1.54, 1.807) is 12.1 Å². The van der Waals surface area contributed by atoms with E-state index < -0.39 is 0 Å². The molecule has 0 saturated carbocycles. The quantitative estimate of drug-likeness (QED) is 0.818. The Labute approximate surface area is 110 Å². The average Bonchev–Trinajstić information content (AvgIpc) is 2.43. The zero-order valence-corrected chi connectivity index (χ0v) is 10.5. The van der Waals surface area contributed by atoms with Crippen molar-refractivity contribution >= 4 is 0 Å². The van der Waals surface area contributed by atoms with Crippen LogP contribution in [-0.4, -0.2) is 9.97 Å². The maximum absolute atomic E-state index is 8.88. The summed E-state index contributed by atoms with van der Waals surface area (Å²) in [4.78, 5) is 7.88. The Kier molecular flexibility index (Phi) is 3.40. The molecule has 0 aliphatic heterocycles. The highest BCUT2D eigenvalue weighted by Gasteiger charge is 2.08. The van der Waals surface area contributed by atoms with E-state index in [9.17, 15) is 0 Å². The van der Waals surface area contributed by atoms with Gasteiger partial charge in [-0.05, 0) is 37.1 Å². The molecule has 0 spiro atoms. The Hall–Kier alpha value is -2.92. The van der Waals surface area contributed by atoms with E-state index >= 15 is 0 Å². The van der Waals surface area contributed by atoms with Gasteiger partial charge >= 0.3 is 0 Å². The largest absolute Gasteiger partial charge is 0.437 e. The summed E-state index contributed by atoms with van der Waals surface area (Å²) >= 11 is 0. The predicted octanol–water partition coefficient (Wildman–Crippen LogP) is 2.63. The molecule has 0 radical (unpaired) electrons. The van der Waals surface area contributed by atoms with Crippen molar-refractivity contribution in [3.05, 3.63) is 46.9 Å². The predicted molar refractivity (Wildman–Crippen MR) is 67.5 cm³/mol. The summed E-state index contributed by atoms with van der Waals surface area (Å²) in [6.07, 6.45) is 2.75. The lowest BCUT2D eigenvalue weighted by molar-refractivity contribution is 0.453. The van der Waals surface area contributed by atoms with Gasteiger partial charge in [0.2, 0.25) is 5.88 Å². The average molecular weight is 250 g/mol. The normalized spacial score (nSPS) is 9.47. The minimum Gasteiger partial charge on any atom is -0.437 e. The third-order valence-electron chi connectivity index (χ3n) is 2.54. The maximum atomic E-state index is 8.88. The van der Waals surface area contributed by atoms with Gasteiger partial charge in [0.15, 0.2) is 5.69 Å². The third-order valence-corrected chi connectivity index (χ3v) is 2.54. The number of benzene rings is 1. The number of hydrogen-bond acceptors (Lipinski definition) is 5. The van der Waals surface area contributed by atoms with Crippen molar-refractivity contribution in [3.8, 4) is 23.8 Å². The molecule has 0 bridgehead atoms. The Morgan fingerprint density at radius 1 is 1.00 bits per heavy atom. The molecule has 0 fully saturated rings. The monoisotopic (exact) mass is 250 g/mol. The first-order valence-electron chi connectivity index (χ1n) is 5.55. The summed E-state index contributed by atoms with van der Waals surface area (Å²) in [7, 11) is 0. The van der Waals surface area contributed by atoms with Gasteiger partial charge in [-0.1, -0.05) is 0 Å². The van der Waals surface area contributed by atoms with Crippen LogP contribution in [0.15, 0.2) is 24.5 Å². The maximum Gasteiger partial charge on any atom is 0.237 e. The molecule has 1 heterocycles. The van der Waals surface area contributed by atoms with Crippen LogP contribution >= 0.6 is 0 Å². The molecule has 0 saturated heterocycles. The van der Waals surface area contributed by atoms with Crippen LogP contribution in [0.1, 0.15) is 22.4 Å². The van der Waals surface area contributed by atoms with E-state index in [0.29, 0.717) is 17.2 Å². The highest BCUT2D eigenvalue weighted by atomic mass is 16.5. The van der Waals surface area contributed by atoms with Crippen molar-refractivity contribution in [2.75, 3.05) is 0 Å². The van der Waals surface area contributed by atoms with Gasteiger partial charge in [0, 0.05) is 0 Å². The summed E-state index contributed by atoms with van der Waals surface area (Å²) in [5.41, 5.74) is 2.53. The number of rotatable bonds is 2. The molecule has 92 valence electrons. The van der Waals surface area contributed by atoms with Crippen molar-refractivity contribution in [1.82, 2.24) is 9.97 Å². The fraction of sp³-hybridized carbons (Fsp3) is 0.143. The molecule has 5 nitrogen and oxygen atoms in total. The number of aryl methyl sites for hydroxylation is 2. The van der Waals surface area contributed by atoms with Crippen molar-refractivity contribution in [3.63, 3.8) is 0 Å². The SMILES string of the molecule is Cc1cc(C#N)cc(C)c1Oc1cnc(C#N)cn1. The van der Waals surface area contributed by atoms with Gasteiger partial charge in [-0.15, -0.1) is 0 Å². The van der Waals surface area contributed by atoms with Crippen LogP contribution in [0.25, 0.3) is 0 Å². The minimum absolute atomic E-state index is 0.237. The molecule has 2 aromatic rings. The summed E-state index contributed by atoms with van der Waals surface area (Å²) < 4.78 is 5.65. The van der Waals surface area contributed by atoms with Crippen LogP contribution < -0.4 is 4.74 Å². The van der Waals surface area contributed by atoms with Gasteiger partial charge in [-0.2, -0.15) is 10.5 Å². The van der Waals surface area contributed by atoms with E-state index in [1.807, 2.05) is 19.9 Å².